The predicted octanol–water partition coefficient (Wildman–Crippen LogP) is 2.54. The Labute approximate surface area is 127 Å². The number of halogens is 2. The van der Waals surface area contributed by atoms with Gasteiger partial charge in [-0.3, -0.25) is 16.3 Å². The number of hydrogen-bond acceptors (Lipinski definition) is 5. The second kappa shape index (κ2) is 6.85. The van der Waals surface area contributed by atoms with Crippen LogP contribution in [-0.4, -0.2) is 17.1 Å². The average molecular weight is 313 g/mol. The molecule has 0 aliphatic heterocycles. The van der Waals surface area contributed by atoms with E-state index in [2.05, 4.69) is 15.4 Å². The second-order valence-corrected chi connectivity index (χ2v) is 4.94. The SMILES string of the molecule is COc1nccnc1C(Cc1ccc(Cl)c(Cl)c1)NN. The van der Waals surface area contributed by atoms with Crippen molar-refractivity contribution in [3.63, 3.8) is 0 Å². The van der Waals surface area contributed by atoms with Crippen LogP contribution in [0, 0.1) is 0 Å². The zero-order chi connectivity index (χ0) is 14.5. The summed E-state index contributed by atoms with van der Waals surface area (Å²) in [6.07, 6.45) is 3.74. The van der Waals surface area contributed by atoms with Crippen molar-refractivity contribution >= 4 is 23.2 Å². The molecule has 0 saturated carbocycles. The fourth-order valence-electron chi connectivity index (χ4n) is 1.87. The molecule has 0 aliphatic rings. The molecule has 5 nitrogen and oxygen atoms in total. The van der Waals surface area contributed by atoms with Crippen molar-refractivity contribution in [2.75, 3.05) is 7.11 Å². The Bertz CT molecular complexity index is 594. The highest BCUT2D eigenvalue weighted by Gasteiger charge is 2.18. The number of ether oxygens (including phenoxy) is 1. The molecular weight excluding hydrogens is 299 g/mol. The summed E-state index contributed by atoms with van der Waals surface area (Å²) < 4.78 is 5.19. The summed E-state index contributed by atoms with van der Waals surface area (Å²) in [5.41, 5.74) is 4.34. The lowest BCUT2D eigenvalue weighted by atomic mass is 10.0. The normalized spacial score (nSPS) is 12.2. The van der Waals surface area contributed by atoms with Gasteiger partial charge in [-0.15, -0.1) is 0 Å². The summed E-state index contributed by atoms with van der Waals surface area (Å²) in [5.74, 6) is 6.05. The third kappa shape index (κ3) is 3.37. The van der Waals surface area contributed by atoms with E-state index in [1.54, 1.807) is 31.6 Å². The van der Waals surface area contributed by atoms with Crippen LogP contribution in [0.4, 0.5) is 0 Å². The van der Waals surface area contributed by atoms with Gasteiger partial charge in [0.05, 0.1) is 23.2 Å². The van der Waals surface area contributed by atoms with E-state index in [1.807, 2.05) is 6.07 Å². The Kier molecular flexibility index (Phi) is 5.14. The molecule has 1 aromatic carbocycles. The molecule has 1 aromatic heterocycles. The maximum absolute atomic E-state index is 6.01. The minimum absolute atomic E-state index is 0.240. The number of nitrogens with one attached hydrogen (secondary N) is 1. The second-order valence-electron chi connectivity index (χ2n) is 4.12. The highest BCUT2D eigenvalue weighted by molar-refractivity contribution is 6.42. The lowest BCUT2D eigenvalue weighted by molar-refractivity contribution is 0.377. The Hall–Kier alpha value is -1.40. The average Bonchev–Trinajstić information content (AvgIpc) is 2.48. The first-order valence-electron chi connectivity index (χ1n) is 5.90. The molecule has 1 unspecified atom stereocenters. The molecule has 3 N–H and O–H groups in total. The van der Waals surface area contributed by atoms with E-state index in [4.69, 9.17) is 33.8 Å². The minimum atomic E-state index is -0.240. The number of rotatable bonds is 5. The standard InChI is InChI=1S/C13H14Cl2N4O/c1-20-13-12(17-4-5-18-13)11(19-16)7-8-2-3-9(14)10(15)6-8/h2-6,11,19H,7,16H2,1H3. The molecule has 20 heavy (non-hydrogen) atoms. The molecule has 106 valence electrons. The summed E-state index contributed by atoms with van der Waals surface area (Å²) in [6, 6.07) is 5.20. The minimum Gasteiger partial charge on any atom is -0.480 e. The Morgan fingerprint density at radius 2 is 2.00 bits per heavy atom. The molecule has 0 radical (unpaired) electrons. The van der Waals surface area contributed by atoms with E-state index >= 15 is 0 Å². The maximum atomic E-state index is 6.01. The van der Waals surface area contributed by atoms with Crippen molar-refractivity contribution in [2.45, 2.75) is 12.5 Å². The zero-order valence-corrected chi connectivity index (χ0v) is 12.3. The molecule has 0 fully saturated rings. The van der Waals surface area contributed by atoms with Gasteiger partial charge in [0.15, 0.2) is 0 Å². The lowest BCUT2D eigenvalue weighted by Gasteiger charge is -2.17. The quantitative estimate of drug-likeness (QED) is 0.655. The van der Waals surface area contributed by atoms with Gasteiger partial charge in [0, 0.05) is 12.4 Å². The highest BCUT2D eigenvalue weighted by Crippen LogP contribution is 2.27. The molecule has 0 aliphatic carbocycles. The largest absolute Gasteiger partial charge is 0.480 e. The van der Waals surface area contributed by atoms with Gasteiger partial charge < -0.3 is 4.74 Å². The molecule has 1 heterocycles. The van der Waals surface area contributed by atoms with Crippen LogP contribution in [0.15, 0.2) is 30.6 Å². The van der Waals surface area contributed by atoms with Crippen LogP contribution >= 0.6 is 23.2 Å². The van der Waals surface area contributed by atoms with Gasteiger partial charge in [0.25, 0.3) is 0 Å². The van der Waals surface area contributed by atoms with E-state index < -0.39 is 0 Å². The van der Waals surface area contributed by atoms with E-state index in [-0.39, 0.29) is 6.04 Å². The molecule has 2 rings (SSSR count). The molecule has 2 aromatic rings. The Balaban J connectivity index is 2.26. The van der Waals surface area contributed by atoms with Crippen LogP contribution in [0.25, 0.3) is 0 Å². The van der Waals surface area contributed by atoms with E-state index in [0.29, 0.717) is 28.0 Å². The van der Waals surface area contributed by atoms with Crippen LogP contribution in [0.2, 0.25) is 10.0 Å². The monoisotopic (exact) mass is 312 g/mol. The first kappa shape index (κ1) is 15.0. The van der Waals surface area contributed by atoms with E-state index in [0.717, 1.165) is 5.56 Å². The third-order valence-corrected chi connectivity index (χ3v) is 3.58. The lowest BCUT2D eigenvalue weighted by Crippen LogP contribution is -2.30. The van der Waals surface area contributed by atoms with Gasteiger partial charge in [-0.05, 0) is 24.1 Å². The number of hydrogen-bond donors (Lipinski definition) is 2. The molecule has 0 bridgehead atoms. The fraction of sp³-hybridized carbons (Fsp3) is 0.231. The van der Waals surface area contributed by atoms with Crippen molar-refractivity contribution < 1.29 is 4.74 Å². The van der Waals surface area contributed by atoms with Gasteiger partial charge in [-0.2, -0.15) is 0 Å². The Morgan fingerprint density at radius 1 is 1.25 bits per heavy atom. The van der Waals surface area contributed by atoms with E-state index in [9.17, 15) is 0 Å². The highest BCUT2D eigenvalue weighted by atomic mass is 35.5. The summed E-state index contributed by atoms with van der Waals surface area (Å²) in [6.45, 7) is 0. The maximum Gasteiger partial charge on any atom is 0.237 e. The van der Waals surface area contributed by atoms with Crippen molar-refractivity contribution in [1.29, 1.82) is 0 Å². The van der Waals surface area contributed by atoms with Crippen molar-refractivity contribution in [3.8, 4) is 5.88 Å². The zero-order valence-electron chi connectivity index (χ0n) is 10.8. The number of aromatic nitrogens is 2. The molecule has 0 saturated heterocycles. The number of benzene rings is 1. The summed E-state index contributed by atoms with van der Waals surface area (Å²) in [5, 5.41) is 1.02. The third-order valence-electron chi connectivity index (χ3n) is 2.84. The molecule has 7 heteroatoms. The van der Waals surface area contributed by atoms with Crippen molar-refractivity contribution in [2.24, 2.45) is 5.84 Å². The van der Waals surface area contributed by atoms with Crippen molar-refractivity contribution in [1.82, 2.24) is 15.4 Å². The van der Waals surface area contributed by atoms with Gasteiger partial charge in [0.1, 0.15) is 5.69 Å². The molecule has 1 atom stereocenters. The van der Waals surface area contributed by atoms with Crippen LogP contribution in [0.5, 0.6) is 5.88 Å². The number of methoxy groups -OCH3 is 1. The van der Waals surface area contributed by atoms with Crippen LogP contribution in [0.1, 0.15) is 17.3 Å². The van der Waals surface area contributed by atoms with Crippen LogP contribution < -0.4 is 16.0 Å². The number of nitrogens with zero attached hydrogens (tertiary/aromatic N) is 2. The fourth-order valence-corrected chi connectivity index (χ4v) is 2.19. The van der Waals surface area contributed by atoms with Gasteiger partial charge >= 0.3 is 0 Å². The van der Waals surface area contributed by atoms with Gasteiger partial charge in [-0.1, -0.05) is 29.3 Å². The van der Waals surface area contributed by atoms with Crippen molar-refractivity contribution in [3.05, 3.63) is 51.9 Å². The molecule has 0 amide bonds. The van der Waals surface area contributed by atoms with E-state index in [1.165, 1.54) is 0 Å². The first-order chi connectivity index (χ1) is 9.65. The number of hydrazine groups is 1. The summed E-state index contributed by atoms with van der Waals surface area (Å²) >= 11 is 11.9. The Morgan fingerprint density at radius 3 is 2.65 bits per heavy atom. The molecular formula is C13H14Cl2N4O. The smallest absolute Gasteiger partial charge is 0.237 e. The summed E-state index contributed by atoms with van der Waals surface area (Å²) in [4.78, 5) is 8.38. The van der Waals surface area contributed by atoms with Crippen LogP contribution in [-0.2, 0) is 6.42 Å². The van der Waals surface area contributed by atoms with Gasteiger partial charge in [-0.25, -0.2) is 4.98 Å². The predicted molar refractivity (Wildman–Crippen MR) is 78.8 cm³/mol. The molecule has 0 spiro atoms. The summed E-state index contributed by atoms with van der Waals surface area (Å²) in [7, 11) is 1.54. The first-order valence-corrected chi connectivity index (χ1v) is 6.66. The van der Waals surface area contributed by atoms with Gasteiger partial charge in [0.2, 0.25) is 5.88 Å². The van der Waals surface area contributed by atoms with Crippen LogP contribution in [0.3, 0.4) is 0 Å². The number of nitrogens with two attached hydrogens (primary N) is 1. The topological polar surface area (TPSA) is 73.1 Å².